The molecule has 20 heavy (non-hydrogen) atoms. The summed E-state index contributed by atoms with van der Waals surface area (Å²) in [5.41, 5.74) is 3.92. The predicted molar refractivity (Wildman–Crippen MR) is 87.8 cm³/mol. The zero-order valence-corrected chi connectivity index (χ0v) is 13.9. The van der Waals surface area contributed by atoms with E-state index in [9.17, 15) is 0 Å². The van der Waals surface area contributed by atoms with Gasteiger partial charge in [0.2, 0.25) is 0 Å². The molecule has 0 aliphatic heterocycles. The summed E-state index contributed by atoms with van der Waals surface area (Å²) in [5, 5.41) is 3.66. The summed E-state index contributed by atoms with van der Waals surface area (Å²) in [6.45, 7) is 9.90. The lowest BCUT2D eigenvalue weighted by molar-refractivity contribution is 0.400. The van der Waals surface area contributed by atoms with Crippen LogP contribution >= 0.6 is 0 Å². The maximum absolute atomic E-state index is 5.61. The first-order valence-electron chi connectivity index (χ1n) is 8.00. The fourth-order valence-corrected chi connectivity index (χ4v) is 2.70. The van der Waals surface area contributed by atoms with E-state index in [0.29, 0.717) is 6.04 Å². The van der Waals surface area contributed by atoms with Crippen molar-refractivity contribution in [2.75, 3.05) is 13.7 Å². The lowest BCUT2D eigenvalue weighted by Gasteiger charge is -2.19. The number of nitrogens with one attached hydrogen (secondary N) is 1. The molecular formula is C18H31NO. The Kier molecular flexibility index (Phi) is 7.68. The third-order valence-corrected chi connectivity index (χ3v) is 4.04. The topological polar surface area (TPSA) is 21.3 Å². The number of methoxy groups -OCH3 is 1. The third-order valence-electron chi connectivity index (χ3n) is 4.04. The van der Waals surface area contributed by atoms with Crippen LogP contribution in [0.5, 0.6) is 5.75 Å². The number of aryl methyl sites for hydroxylation is 2. The summed E-state index contributed by atoms with van der Waals surface area (Å²) in [5.74, 6) is 1.08. The van der Waals surface area contributed by atoms with Gasteiger partial charge in [-0.3, -0.25) is 0 Å². The molecule has 0 spiro atoms. The van der Waals surface area contributed by atoms with Gasteiger partial charge in [0.05, 0.1) is 7.11 Å². The summed E-state index contributed by atoms with van der Waals surface area (Å²) in [7, 11) is 1.78. The molecule has 0 aliphatic rings. The second-order valence-corrected chi connectivity index (χ2v) is 5.68. The van der Waals surface area contributed by atoms with Crippen LogP contribution in [0.15, 0.2) is 12.1 Å². The van der Waals surface area contributed by atoms with E-state index in [2.05, 4.69) is 45.1 Å². The molecule has 2 nitrogen and oxygen atoms in total. The first-order chi connectivity index (χ1) is 9.63. The summed E-state index contributed by atoms with van der Waals surface area (Å²) in [6, 6.07) is 5.07. The van der Waals surface area contributed by atoms with Gasteiger partial charge in [-0.1, -0.05) is 32.4 Å². The standard InChI is InChI=1S/C18H31NO/c1-6-8-17(19-13-7-2)12-11-16-10-9-14(3)15(4)18(16)20-5/h9-10,17,19H,6-8,11-13H2,1-5H3. The van der Waals surface area contributed by atoms with Crippen molar-refractivity contribution < 1.29 is 4.74 Å². The Hall–Kier alpha value is -1.02. The average molecular weight is 277 g/mol. The molecule has 2 heteroatoms. The SMILES string of the molecule is CCCNC(CCC)CCc1ccc(C)c(C)c1OC. The normalized spacial score (nSPS) is 12.4. The predicted octanol–water partition coefficient (Wildman–Crippen LogP) is 4.41. The van der Waals surface area contributed by atoms with Gasteiger partial charge in [0.15, 0.2) is 0 Å². The molecule has 0 saturated heterocycles. The molecule has 0 bridgehead atoms. The van der Waals surface area contributed by atoms with Crippen LogP contribution in [-0.4, -0.2) is 19.7 Å². The zero-order valence-electron chi connectivity index (χ0n) is 13.9. The molecule has 0 fully saturated rings. The van der Waals surface area contributed by atoms with Crippen molar-refractivity contribution in [2.24, 2.45) is 0 Å². The molecule has 1 unspecified atom stereocenters. The van der Waals surface area contributed by atoms with E-state index in [4.69, 9.17) is 4.74 Å². The van der Waals surface area contributed by atoms with Crippen LogP contribution in [0.4, 0.5) is 0 Å². The van der Waals surface area contributed by atoms with Crippen molar-refractivity contribution in [1.29, 1.82) is 0 Å². The van der Waals surface area contributed by atoms with E-state index >= 15 is 0 Å². The van der Waals surface area contributed by atoms with Gasteiger partial charge >= 0.3 is 0 Å². The molecule has 0 radical (unpaired) electrons. The van der Waals surface area contributed by atoms with Crippen molar-refractivity contribution in [3.63, 3.8) is 0 Å². The first kappa shape index (κ1) is 17.0. The second-order valence-electron chi connectivity index (χ2n) is 5.68. The molecule has 0 amide bonds. The van der Waals surface area contributed by atoms with Crippen molar-refractivity contribution in [3.05, 3.63) is 28.8 Å². The highest BCUT2D eigenvalue weighted by molar-refractivity contribution is 5.45. The maximum atomic E-state index is 5.61. The van der Waals surface area contributed by atoms with Crippen LogP contribution in [-0.2, 0) is 6.42 Å². The Balaban J connectivity index is 2.69. The number of hydrogen-bond donors (Lipinski definition) is 1. The van der Waals surface area contributed by atoms with E-state index in [0.717, 1.165) is 18.7 Å². The lowest BCUT2D eigenvalue weighted by atomic mass is 9.97. The van der Waals surface area contributed by atoms with E-state index in [1.54, 1.807) is 7.11 Å². The number of benzene rings is 1. The number of ether oxygens (including phenoxy) is 1. The zero-order chi connectivity index (χ0) is 15.0. The molecular weight excluding hydrogens is 246 g/mol. The molecule has 0 aromatic heterocycles. The van der Waals surface area contributed by atoms with E-state index in [-0.39, 0.29) is 0 Å². The fraction of sp³-hybridized carbons (Fsp3) is 0.667. The minimum absolute atomic E-state index is 0.631. The van der Waals surface area contributed by atoms with Crippen LogP contribution in [0.1, 0.15) is 56.2 Å². The quantitative estimate of drug-likeness (QED) is 0.722. The Labute approximate surface area is 124 Å². The van der Waals surface area contributed by atoms with Crippen molar-refractivity contribution >= 4 is 0 Å². The Morgan fingerprint density at radius 1 is 1.10 bits per heavy atom. The molecule has 114 valence electrons. The van der Waals surface area contributed by atoms with E-state index < -0.39 is 0 Å². The molecule has 0 saturated carbocycles. The van der Waals surface area contributed by atoms with Gasteiger partial charge < -0.3 is 10.1 Å². The molecule has 0 heterocycles. The van der Waals surface area contributed by atoms with Gasteiger partial charge in [-0.25, -0.2) is 0 Å². The van der Waals surface area contributed by atoms with Crippen molar-refractivity contribution in [3.8, 4) is 5.75 Å². The Bertz CT molecular complexity index is 401. The van der Waals surface area contributed by atoms with Crippen LogP contribution in [0, 0.1) is 13.8 Å². The highest BCUT2D eigenvalue weighted by Crippen LogP contribution is 2.27. The minimum Gasteiger partial charge on any atom is -0.496 e. The molecule has 1 N–H and O–H groups in total. The van der Waals surface area contributed by atoms with Crippen LogP contribution < -0.4 is 10.1 Å². The maximum Gasteiger partial charge on any atom is 0.125 e. The monoisotopic (exact) mass is 277 g/mol. The molecule has 1 atom stereocenters. The van der Waals surface area contributed by atoms with Gasteiger partial charge in [0, 0.05) is 6.04 Å². The Morgan fingerprint density at radius 3 is 2.45 bits per heavy atom. The number of hydrogen-bond acceptors (Lipinski definition) is 2. The van der Waals surface area contributed by atoms with E-state index in [1.807, 2.05) is 0 Å². The summed E-state index contributed by atoms with van der Waals surface area (Å²) < 4.78 is 5.61. The van der Waals surface area contributed by atoms with Gasteiger partial charge in [0.25, 0.3) is 0 Å². The van der Waals surface area contributed by atoms with Crippen molar-refractivity contribution in [2.45, 2.75) is 65.8 Å². The molecule has 1 aromatic rings. The van der Waals surface area contributed by atoms with Gasteiger partial charge in [-0.2, -0.15) is 0 Å². The molecule has 0 aliphatic carbocycles. The third kappa shape index (κ3) is 4.82. The smallest absolute Gasteiger partial charge is 0.125 e. The molecule has 1 rings (SSSR count). The average Bonchev–Trinajstić information content (AvgIpc) is 2.45. The Morgan fingerprint density at radius 2 is 1.85 bits per heavy atom. The van der Waals surface area contributed by atoms with Crippen LogP contribution in [0.3, 0.4) is 0 Å². The summed E-state index contributed by atoms with van der Waals surface area (Å²) in [6.07, 6.45) is 5.98. The second kappa shape index (κ2) is 9.02. The largest absolute Gasteiger partial charge is 0.496 e. The lowest BCUT2D eigenvalue weighted by Crippen LogP contribution is -2.30. The van der Waals surface area contributed by atoms with Gasteiger partial charge in [-0.05, 0) is 62.8 Å². The van der Waals surface area contributed by atoms with Gasteiger partial charge in [-0.15, -0.1) is 0 Å². The van der Waals surface area contributed by atoms with Crippen LogP contribution in [0.25, 0.3) is 0 Å². The fourth-order valence-electron chi connectivity index (χ4n) is 2.70. The summed E-state index contributed by atoms with van der Waals surface area (Å²) >= 11 is 0. The van der Waals surface area contributed by atoms with Crippen molar-refractivity contribution in [1.82, 2.24) is 5.32 Å². The minimum atomic E-state index is 0.631. The van der Waals surface area contributed by atoms with E-state index in [1.165, 1.54) is 42.4 Å². The summed E-state index contributed by atoms with van der Waals surface area (Å²) in [4.78, 5) is 0. The molecule has 1 aromatic carbocycles. The van der Waals surface area contributed by atoms with Gasteiger partial charge in [0.1, 0.15) is 5.75 Å². The first-order valence-corrected chi connectivity index (χ1v) is 8.00. The highest BCUT2D eigenvalue weighted by atomic mass is 16.5. The highest BCUT2D eigenvalue weighted by Gasteiger charge is 2.12. The van der Waals surface area contributed by atoms with Crippen LogP contribution in [0.2, 0.25) is 0 Å². The number of rotatable bonds is 9.